The van der Waals surface area contributed by atoms with Crippen LogP contribution < -0.4 is 10.2 Å². The molecule has 27 heavy (non-hydrogen) atoms. The van der Waals surface area contributed by atoms with E-state index in [1.165, 1.54) is 12.1 Å². The van der Waals surface area contributed by atoms with Gasteiger partial charge in [0.25, 0.3) is 10.1 Å². The molecule has 0 radical (unpaired) electrons. The highest BCUT2D eigenvalue weighted by atomic mass is 32.2. The van der Waals surface area contributed by atoms with Crippen molar-refractivity contribution in [3.05, 3.63) is 65.5 Å². The van der Waals surface area contributed by atoms with Gasteiger partial charge in [0.2, 0.25) is 0 Å². The summed E-state index contributed by atoms with van der Waals surface area (Å²) in [6.07, 6.45) is 0. The van der Waals surface area contributed by atoms with E-state index in [2.05, 4.69) is 5.32 Å². The van der Waals surface area contributed by atoms with E-state index >= 15 is 0 Å². The number of benzene rings is 2. The molecule has 0 atom stereocenters. The summed E-state index contributed by atoms with van der Waals surface area (Å²) in [4.78, 5) is 1.75. The lowest BCUT2D eigenvalue weighted by molar-refractivity contribution is 0.326. The van der Waals surface area contributed by atoms with Crippen molar-refractivity contribution in [3.8, 4) is 12.1 Å². The van der Waals surface area contributed by atoms with Crippen LogP contribution in [0.2, 0.25) is 0 Å². The third kappa shape index (κ3) is 3.77. The number of rotatable bonds is 5. The molecule has 1 N–H and O–H groups in total. The summed E-state index contributed by atoms with van der Waals surface area (Å²) < 4.78 is 29.8. The van der Waals surface area contributed by atoms with Crippen molar-refractivity contribution in [2.75, 3.05) is 23.4 Å². The summed E-state index contributed by atoms with van der Waals surface area (Å²) in [5.74, 6) is 0.317. The number of para-hydroxylation sites is 2. The van der Waals surface area contributed by atoms with Crippen molar-refractivity contribution in [2.24, 2.45) is 0 Å². The van der Waals surface area contributed by atoms with E-state index in [1.54, 1.807) is 17.0 Å². The molecule has 8 heteroatoms. The maximum Gasteiger partial charge on any atom is 0.297 e. The lowest BCUT2D eigenvalue weighted by atomic mass is 10.2. The van der Waals surface area contributed by atoms with Gasteiger partial charge in [0.15, 0.2) is 5.57 Å². The van der Waals surface area contributed by atoms with E-state index in [0.717, 1.165) is 16.9 Å². The number of nitrogens with one attached hydrogen (secondary N) is 1. The van der Waals surface area contributed by atoms with Gasteiger partial charge < -0.3 is 10.2 Å². The number of allylic oxidation sites excluding steroid dienone is 1. The predicted molar refractivity (Wildman–Crippen MR) is 100.0 cm³/mol. The van der Waals surface area contributed by atoms with Crippen LogP contribution in [0.25, 0.3) is 0 Å². The van der Waals surface area contributed by atoms with Crippen LogP contribution in [-0.4, -0.2) is 21.6 Å². The topological polar surface area (TPSA) is 106 Å². The van der Waals surface area contributed by atoms with Crippen molar-refractivity contribution in [2.45, 2.75) is 11.8 Å². The Morgan fingerprint density at radius 3 is 2.44 bits per heavy atom. The summed E-state index contributed by atoms with van der Waals surface area (Å²) >= 11 is 0. The molecule has 0 aliphatic carbocycles. The SMILES string of the molecule is Cc1ccc(S(=O)(=O)OCCN2C(=C(C#N)C#N)Nc3ccccc32)cc1. The minimum absolute atomic E-state index is 0.0820. The Kier molecular flexibility index (Phi) is 5.13. The number of hydrogen-bond donors (Lipinski definition) is 1. The van der Waals surface area contributed by atoms with Crippen LogP contribution >= 0.6 is 0 Å². The molecule has 136 valence electrons. The van der Waals surface area contributed by atoms with Gasteiger partial charge in [-0.1, -0.05) is 29.8 Å². The van der Waals surface area contributed by atoms with Crippen LogP contribution in [0.1, 0.15) is 5.56 Å². The van der Waals surface area contributed by atoms with Gasteiger partial charge in [-0.2, -0.15) is 18.9 Å². The molecule has 0 saturated heterocycles. The monoisotopic (exact) mass is 380 g/mol. The molecule has 1 heterocycles. The van der Waals surface area contributed by atoms with Crippen molar-refractivity contribution in [1.82, 2.24) is 0 Å². The summed E-state index contributed by atoms with van der Waals surface area (Å²) in [5, 5.41) is 21.4. The first-order valence-electron chi connectivity index (χ1n) is 8.10. The zero-order chi connectivity index (χ0) is 19.4. The Bertz CT molecular complexity index is 1060. The minimum atomic E-state index is -3.89. The first-order chi connectivity index (χ1) is 13.0. The van der Waals surface area contributed by atoms with E-state index in [4.69, 9.17) is 4.18 Å². The molecule has 0 spiro atoms. The van der Waals surface area contributed by atoms with E-state index < -0.39 is 10.1 Å². The number of anilines is 2. The highest BCUT2D eigenvalue weighted by molar-refractivity contribution is 7.86. The van der Waals surface area contributed by atoms with Gasteiger partial charge in [0, 0.05) is 6.54 Å². The molecule has 2 aromatic rings. The van der Waals surface area contributed by atoms with Crippen molar-refractivity contribution < 1.29 is 12.6 Å². The van der Waals surface area contributed by atoms with Crippen molar-refractivity contribution in [1.29, 1.82) is 10.5 Å². The van der Waals surface area contributed by atoms with Gasteiger partial charge in [-0.15, -0.1) is 0 Å². The van der Waals surface area contributed by atoms with Crippen LogP contribution in [-0.2, 0) is 14.3 Å². The second-order valence-corrected chi connectivity index (χ2v) is 7.45. The molecule has 2 aromatic carbocycles. The third-order valence-corrected chi connectivity index (χ3v) is 5.37. The van der Waals surface area contributed by atoms with Gasteiger partial charge >= 0.3 is 0 Å². The maximum absolute atomic E-state index is 12.3. The standard InChI is InChI=1S/C19H16N4O3S/c1-14-6-8-16(9-7-14)27(24,25)26-11-10-23-18-5-3-2-4-17(18)22-19(23)15(12-20)13-21/h2-9,22H,10-11H2,1H3. The molecule has 7 nitrogen and oxygen atoms in total. The summed E-state index contributed by atoms with van der Waals surface area (Å²) in [6, 6.07) is 17.4. The Balaban J connectivity index is 1.79. The van der Waals surface area contributed by atoms with Crippen LogP contribution in [0.5, 0.6) is 0 Å². The minimum Gasteiger partial charge on any atom is -0.338 e. The van der Waals surface area contributed by atoms with E-state index in [-0.39, 0.29) is 23.6 Å². The number of nitrogens with zero attached hydrogens (tertiary/aromatic N) is 3. The van der Waals surface area contributed by atoms with Gasteiger partial charge in [0.05, 0.1) is 22.9 Å². The summed E-state index contributed by atoms with van der Waals surface area (Å²) in [7, 11) is -3.89. The van der Waals surface area contributed by atoms with Gasteiger partial charge in [-0.05, 0) is 31.2 Å². The Labute approximate surface area is 157 Å². The molecule has 0 fully saturated rings. The highest BCUT2D eigenvalue weighted by Crippen LogP contribution is 2.36. The Morgan fingerprint density at radius 1 is 1.11 bits per heavy atom. The average molecular weight is 380 g/mol. The predicted octanol–water partition coefficient (Wildman–Crippen LogP) is 2.89. The van der Waals surface area contributed by atoms with Crippen LogP contribution in [0.15, 0.2) is 64.8 Å². The van der Waals surface area contributed by atoms with Gasteiger partial charge in [-0.25, -0.2) is 0 Å². The summed E-state index contributed by atoms with van der Waals surface area (Å²) in [5.41, 5.74) is 2.33. The fraction of sp³-hybridized carbons (Fsp3) is 0.158. The second-order valence-electron chi connectivity index (χ2n) is 5.83. The van der Waals surface area contributed by atoms with Crippen molar-refractivity contribution in [3.63, 3.8) is 0 Å². The smallest absolute Gasteiger partial charge is 0.297 e. The Hall–Kier alpha value is -3.33. The molecule has 0 saturated carbocycles. The first kappa shape index (κ1) is 18.5. The molecule has 0 unspecified atom stereocenters. The normalized spacial score (nSPS) is 12.7. The molecule has 3 rings (SSSR count). The second kappa shape index (κ2) is 7.50. The quantitative estimate of drug-likeness (QED) is 0.628. The van der Waals surface area contributed by atoms with Crippen LogP contribution in [0.3, 0.4) is 0 Å². The lowest BCUT2D eigenvalue weighted by Gasteiger charge is -2.19. The van der Waals surface area contributed by atoms with E-state index in [1.807, 2.05) is 43.3 Å². The van der Waals surface area contributed by atoms with Crippen molar-refractivity contribution >= 4 is 21.5 Å². The molecule has 0 amide bonds. The largest absolute Gasteiger partial charge is 0.338 e. The molecule has 0 bridgehead atoms. The highest BCUT2D eigenvalue weighted by Gasteiger charge is 2.27. The zero-order valence-electron chi connectivity index (χ0n) is 14.5. The number of fused-ring (bicyclic) bond motifs is 1. The number of hydrogen-bond acceptors (Lipinski definition) is 7. The van der Waals surface area contributed by atoms with Crippen LogP contribution in [0.4, 0.5) is 11.4 Å². The lowest BCUT2D eigenvalue weighted by Crippen LogP contribution is -2.27. The molecular weight excluding hydrogens is 364 g/mol. The average Bonchev–Trinajstić information content (AvgIpc) is 3.02. The van der Waals surface area contributed by atoms with E-state index in [0.29, 0.717) is 5.82 Å². The number of nitriles is 2. The first-order valence-corrected chi connectivity index (χ1v) is 9.51. The summed E-state index contributed by atoms with van der Waals surface area (Å²) in [6.45, 7) is 1.88. The van der Waals surface area contributed by atoms with Gasteiger partial charge in [0.1, 0.15) is 18.0 Å². The fourth-order valence-corrected chi connectivity index (χ4v) is 3.60. The van der Waals surface area contributed by atoms with E-state index in [9.17, 15) is 18.9 Å². The molecular formula is C19H16N4O3S. The molecule has 0 aromatic heterocycles. The van der Waals surface area contributed by atoms with Gasteiger partial charge in [-0.3, -0.25) is 4.18 Å². The van der Waals surface area contributed by atoms with Crippen LogP contribution in [0, 0.1) is 29.6 Å². The molecule has 1 aliphatic heterocycles. The molecule has 1 aliphatic rings. The Morgan fingerprint density at radius 2 is 1.78 bits per heavy atom. The zero-order valence-corrected chi connectivity index (χ0v) is 15.3. The fourth-order valence-electron chi connectivity index (χ4n) is 2.70. The maximum atomic E-state index is 12.3. The number of aryl methyl sites for hydroxylation is 1. The third-order valence-electron chi connectivity index (χ3n) is 4.04.